The van der Waals surface area contributed by atoms with Crippen LogP contribution in [0.15, 0.2) is 42.7 Å². The fraction of sp³-hybridized carbons (Fsp3) is 0.143. The Morgan fingerprint density at radius 2 is 2.06 bits per heavy atom. The predicted molar refractivity (Wildman–Crippen MR) is 63.4 cm³/mol. The Morgan fingerprint density at radius 3 is 2.76 bits per heavy atom. The number of aryl methyl sites for hydroxylation is 1. The van der Waals surface area contributed by atoms with E-state index in [9.17, 15) is 9.18 Å². The van der Waals surface area contributed by atoms with Crippen molar-refractivity contribution in [2.45, 2.75) is 13.3 Å². The van der Waals surface area contributed by atoms with Crippen molar-refractivity contribution in [3.8, 4) is 0 Å². The molecule has 0 saturated carbocycles. The quantitative estimate of drug-likeness (QED) is 0.757. The van der Waals surface area contributed by atoms with Crippen LogP contribution >= 0.6 is 0 Å². The van der Waals surface area contributed by atoms with Gasteiger partial charge in [0.1, 0.15) is 5.82 Å². The third-order valence-electron chi connectivity index (χ3n) is 2.61. The summed E-state index contributed by atoms with van der Waals surface area (Å²) in [7, 11) is 0. The van der Waals surface area contributed by atoms with Crippen LogP contribution in [0.1, 0.15) is 28.4 Å². The van der Waals surface area contributed by atoms with E-state index in [1.807, 2.05) is 19.1 Å². The number of halogens is 1. The predicted octanol–water partition coefficient (Wildman–Crippen LogP) is 3.01. The first-order valence-corrected chi connectivity index (χ1v) is 5.45. The first-order valence-electron chi connectivity index (χ1n) is 5.45. The smallest absolute Gasteiger partial charge is 0.194 e. The van der Waals surface area contributed by atoms with Crippen LogP contribution in [-0.2, 0) is 6.42 Å². The number of pyridine rings is 1. The Hall–Kier alpha value is -2.03. The second kappa shape index (κ2) is 4.87. The highest BCUT2D eigenvalue weighted by molar-refractivity contribution is 6.09. The standard InChI is InChI=1S/C14H12FNO/c1-2-10-5-3-4-6-13(10)14(17)11-7-12(15)9-16-8-11/h3-9H,2H2,1H3. The van der Waals surface area contributed by atoms with Gasteiger partial charge in [-0.2, -0.15) is 0 Å². The molecule has 0 aliphatic carbocycles. The Labute approximate surface area is 99.1 Å². The lowest BCUT2D eigenvalue weighted by atomic mass is 9.98. The molecule has 0 unspecified atom stereocenters. The summed E-state index contributed by atoms with van der Waals surface area (Å²) >= 11 is 0. The topological polar surface area (TPSA) is 30.0 Å². The van der Waals surface area contributed by atoms with Gasteiger partial charge in [-0.05, 0) is 18.1 Å². The number of hydrogen-bond acceptors (Lipinski definition) is 2. The SMILES string of the molecule is CCc1ccccc1C(=O)c1cncc(F)c1. The zero-order valence-electron chi connectivity index (χ0n) is 9.48. The zero-order valence-corrected chi connectivity index (χ0v) is 9.48. The van der Waals surface area contributed by atoms with Crippen LogP contribution in [0.4, 0.5) is 4.39 Å². The summed E-state index contributed by atoms with van der Waals surface area (Å²) < 4.78 is 13.0. The molecular weight excluding hydrogens is 217 g/mol. The lowest BCUT2D eigenvalue weighted by Crippen LogP contribution is -2.05. The third kappa shape index (κ3) is 2.38. The van der Waals surface area contributed by atoms with E-state index in [0.29, 0.717) is 5.56 Å². The molecule has 0 fully saturated rings. The number of rotatable bonds is 3. The van der Waals surface area contributed by atoms with Crippen molar-refractivity contribution in [1.29, 1.82) is 0 Å². The molecule has 1 aromatic carbocycles. The highest BCUT2D eigenvalue weighted by Gasteiger charge is 2.13. The number of hydrogen-bond donors (Lipinski definition) is 0. The maximum atomic E-state index is 13.0. The molecule has 0 radical (unpaired) electrons. The highest BCUT2D eigenvalue weighted by Crippen LogP contribution is 2.15. The second-order valence-corrected chi connectivity index (χ2v) is 3.73. The van der Waals surface area contributed by atoms with E-state index in [2.05, 4.69) is 4.98 Å². The molecule has 0 aliphatic heterocycles. The number of ketones is 1. The number of carbonyl (C=O) groups excluding carboxylic acids is 1. The molecule has 0 saturated heterocycles. The van der Waals surface area contributed by atoms with Gasteiger partial charge in [0.05, 0.1) is 6.20 Å². The van der Waals surface area contributed by atoms with E-state index in [-0.39, 0.29) is 11.3 Å². The molecule has 0 amide bonds. The van der Waals surface area contributed by atoms with E-state index in [1.165, 1.54) is 12.3 Å². The number of carbonyl (C=O) groups is 1. The van der Waals surface area contributed by atoms with E-state index < -0.39 is 5.82 Å². The summed E-state index contributed by atoms with van der Waals surface area (Å²) in [6, 6.07) is 8.56. The molecule has 17 heavy (non-hydrogen) atoms. The molecule has 0 atom stereocenters. The Morgan fingerprint density at radius 1 is 1.29 bits per heavy atom. The molecule has 1 heterocycles. The summed E-state index contributed by atoms with van der Waals surface area (Å²) in [5.74, 6) is -0.681. The van der Waals surface area contributed by atoms with E-state index in [1.54, 1.807) is 12.1 Å². The summed E-state index contributed by atoms with van der Waals surface area (Å²) in [6.45, 7) is 1.98. The van der Waals surface area contributed by atoms with Crippen LogP contribution < -0.4 is 0 Å². The molecule has 2 rings (SSSR count). The maximum absolute atomic E-state index is 13.0. The van der Waals surface area contributed by atoms with Crippen molar-refractivity contribution in [3.05, 3.63) is 65.2 Å². The number of nitrogens with zero attached hydrogens (tertiary/aromatic N) is 1. The van der Waals surface area contributed by atoms with Gasteiger partial charge in [-0.1, -0.05) is 31.2 Å². The lowest BCUT2D eigenvalue weighted by Gasteiger charge is -2.06. The van der Waals surface area contributed by atoms with Gasteiger partial charge >= 0.3 is 0 Å². The van der Waals surface area contributed by atoms with Crippen LogP contribution in [0.5, 0.6) is 0 Å². The monoisotopic (exact) mass is 229 g/mol. The molecule has 0 N–H and O–H groups in total. The normalized spacial score (nSPS) is 10.2. The fourth-order valence-corrected chi connectivity index (χ4v) is 1.74. The Kier molecular flexibility index (Phi) is 3.28. The van der Waals surface area contributed by atoms with E-state index in [4.69, 9.17) is 0 Å². The summed E-state index contributed by atoms with van der Waals surface area (Å²) in [5, 5.41) is 0. The van der Waals surface area contributed by atoms with Crippen LogP contribution in [0, 0.1) is 5.82 Å². The van der Waals surface area contributed by atoms with E-state index >= 15 is 0 Å². The second-order valence-electron chi connectivity index (χ2n) is 3.73. The van der Waals surface area contributed by atoms with Gasteiger partial charge in [-0.3, -0.25) is 9.78 Å². The van der Waals surface area contributed by atoms with Crippen molar-refractivity contribution < 1.29 is 9.18 Å². The lowest BCUT2D eigenvalue weighted by molar-refractivity contribution is 0.103. The Bertz CT molecular complexity index is 551. The molecule has 0 aliphatic rings. The van der Waals surface area contributed by atoms with Crippen LogP contribution in [0.3, 0.4) is 0 Å². The van der Waals surface area contributed by atoms with Gasteiger partial charge in [0, 0.05) is 17.3 Å². The van der Waals surface area contributed by atoms with Crippen LogP contribution in [-0.4, -0.2) is 10.8 Å². The van der Waals surface area contributed by atoms with Crippen molar-refractivity contribution >= 4 is 5.78 Å². The minimum atomic E-state index is -0.496. The highest BCUT2D eigenvalue weighted by atomic mass is 19.1. The molecule has 86 valence electrons. The summed E-state index contributed by atoms with van der Waals surface area (Å²) in [6.07, 6.45) is 3.24. The molecule has 0 spiro atoms. The fourth-order valence-electron chi connectivity index (χ4n) is 1.74. The molecule has 0 bridgehead atoms. The van der Waals surface area contributed by atoms with Crippen LogP contribution in [0.2, 0.25) is 0 Å². The van der Waals surface area contributed by atoms with Crippen molar-refractivity contribution in [2.75, 3.05) is 0 Å². The molecule has 2 nitrogen and oxygen atoms in total. The Balaban J connectivity index is 2.44. The van der Waals surface area contributed by atoms with Gasteiger partial charge in [0.25, 0.3) is 0 Å². The van der Waals surface area contributed by atoms with Gasteiger partial charge in [-0.15, -0.1) is 0 Å². The molecule has 2 aromatic rings. The maximum Gasteiger partial charge on any atom is 0.194 e. The number of benzene rings is 1. The van der Waals surface area contributed by atoms with Crippen LogP contribution in [0.25, 0.3) is 0 Å². The van der Waals surface area contributed by atoms with Crippen molar-refractivity contribution in [3.63, 3.8) is 0 Å². The van der Waals surface area contributed by atoms with Gasteiger partial charge in [-0.25, -0.2) is 4.39 Å². The van der Waals surface area contributed by atoms with Gasteiger partial charge in [0.2, 0.25) is 0 Å². The summed E-state index contributed by atoms with van der Waals surface area (Å²) in [4.78, 5) is 15.9. The first-order chi connectivity index (χ1) is 8.22. The van der Waals surface area contributed by atoms with Crippen molar-refractivity contribution in [2.24, 2.45) is 0 Å². The summed E-state index contributed by atoms with van der Waals surface area (Å²) in [5.41, 5.74) is 1.86. The van der Waals surface area contributed by atoms with Crippen molar-refractivity contribution in [1.82, 2.24) is 4.98 Å². The van der Waals surface area contributed by atoms with Gasteiger partial charge in [0.15, 0.2) is 5.78 Å². The minimum absolute atomic E-state index is 0.186. The molecule has 3 heteroatoms. The minimum Gasteiger partial charge on any atom is -0.289 e. The van der Waals surface area contributed by atoms with E-state index in [0.717, 1.165) is 18.2 Å². The first kappa shape index (κ1) is 11.5. The molecular formula is C14H12FNO. The third-order valence-corrected chi connectivity index (χ3v) is 2.61. The zero-order chi connectivity index (χ0) is 12.3. The average Bonchev–Trinajstić information content (AvgIpc) is 2.38. The largest absolute Gasteiger partial charge is 0.289 e. The molecule has 1 aromatic heterocycles. The number of aromatic nitrogens is 1. The average molecular weight is 229 g/mol. The van der Waals surface area contributed by atoms with Gasteiger partial charge < -0.3 is 0 Å².